The van der Waals surface area contributed by atoms with E-state index in [4.69, 9.17) is 0 Å². The first-order valence-electron chi connectivity index (χ1n) is 9.54. The van der Waals surface area contributed by atoms with Crippen LogP contribution in [-0.2, 0) is 17.9 Å². The number of rotatable bonds is 8. The molecule has 3 heterocycles. The van der Waals surface area contributed by atoms with Crippen molar-refractivity contribution in [2.75, 3.05) is 0 Å². The van der Waals surface area contributed by atoms with Crippen molar-refractivity contribution in [3.63, 3.8) is 0 Å². The van der Waals surface area contributed by atoms with Crippen LogP contribution in [0.5, 0.6) is 0 Å². The molecule has 1 aromatic carbocycles. The van der Waals surface area contributed by atoms with E-state index in [0.717, 1.165) is 27.5 Å². The maximum atomic E-state index is 13.4. The Morgan fingerprint density at radius 3 is 2.55 bits per heavy atom. The molecule has 9 heteroatoms. The molecular formula is C22H19N5O2S2. The first kappa shape index (κ1) is 20.8. The number of pyridine rings is 1. The molecule has 2 amide bonds. The van der Waals surface area contributed by atoms with Crippen LogP contribution in [0.2, 0.25) is 0 Å². The summed E-state index contributed by atoms with van der Waals surface area (Å²) in [6, 6.07) is 16.3. The van der Waals surface area contributed by atoms with Gasteiger partial charge in [0, 0.05) is 35.7 Å². The molecule has 0 saturated heterocycles. The molecule has 4 aromatic rings. The molecule has 1 N–H and O–H groups in total. The first-order chi connectivity index (χ1) is 15.2. The lowest BCUT2D eigenvalue weighted by Gasteiger charge is -2.30. The number of hydrogen-bond donors (Lipinski definition) is 1. The second-order valence-electron chi connectivity index (χ2n) is 6.71. The SMILES string of the molecule is O=C(NCc1ccccc1)[C@H](c1cccs1)N(Cc1cccnc1)C(=O)c1csnn1. The lowest BCUT2D eigenvalue weighted by molar-refractivity contribution is -0.126. The smallest absolute Gasteiger partial charge is 0.276 e. The number of aromatic nitrogens is 3. The lowest BCUT2D eigenvalue weighted by Crippen LogP contribution is -2.43. The van der Waals surface area contributed by atoms with E-state index in [1.807, 2.05) is 53.9 Å². The van der Waals surface area contributed by atoms with Gasteiger partial charge in [-0.05, 0) is 40.2 Å². The molecule has 0 spiro atoms. The fraction of sp³-hybridized carbons (Fsp3) is 0.136. The van der Waals surface area contributed by atoms with Crippen molar-refractivity contribution in [3.05, 3.63) is 99.4 Å². The van der Waals surface area contributed by atoms with Crippen LogP contribution in [0.4, 0.5) is 0 Å². The molecule has 0 aliphatic rings. The molecular weight excluding hydrogens is 430 g/mol. The number of nitrogens with zero attached hydrogens (tertiary/aromatic N) is 4. The Hall–Kier alpha value is -3.43. The number of carbonyl (C=O) groups excluding carboxylic acids is 2. The zero-order valence-electron chi connectivity index (χ0n) is 16.4. The van der Waals surface area contributed by atoms with Crippen molar-refractivity contribution in [1.82, 2.24) is 24.8 Å². The summed E-state index contributed by atoms with van der Waals surface area (Å²) in [5, 5.41) is 10.4. The topological polar surface area (TPSA) is 88.1 Å². The van der Waals surface area contributed by atoms with Gasteiger partial charge in [-0.25, -0.2) is 0 Å². The molecule has 0 saturated carbocycles. The highest BCUT2D eigenvalue weighted by molar-refractivity contribution is 7.10. The average Bonchev–Trinajstić information content (AvgIpc) is 3.53. The molecule has 0 aliphatic heterocycles. The van der Waals surface area contributed by atoms with E-state index >= 15 is 0 Å². The summed E-state index contributed by atoms with van der Waals surface area (Å²) in [6.45, 7) is 0.584. The van der Waals surface area contributed by atoms with Crippen molar-refractivity contribution in [3.8, 4) is 0 Å². The molecule has 7 nitrogen and oxygen atoms in total. The van der Waals surface area contributed by atoms with Gasteiger partial charge in [0.25, 0.3) is 5.91 Å². The lowest BCUT2D eigenvalue weighted by atomic mass is 10.1. The fourth-order valence-electron chi connectivity index (χ4n) is 3.13. The molecule has 156 valence electrons. The summed E-state index contributed by atoms with van der Waals surface area (Å²) in [4.78, 5) is 33.2. The Kier molecular flexibility index (Phi) is 6.75. The number of hydrogen-bond acceptors (Lipinski definition) is 7. The molecule has 0 unspecified atom stereocenters. The molecule has 0 aliphatic carbocycles. The Labute approximate surface area is 187 Å². The van der Waals surface area contributed by atoms with E-state index in [9.17, 15) is 9.59 Å². The minimum absolute atomic E-state index is 0.214. The minimum atomic E-state index is -0.807. The van der Waals surface area contributed by atoms with Crippen molar-refractivity contribution in [2.45, 2.75) is 19.1 Å². The van der Waals surface area contributed by atoms with E-state index < -0.39 is 6.04 Å². The van der Waals surface area contributed by atoms with Crippen molar-refractivity contribution < 1.29 is 9.59 Å². The molecule has 1 atom stereocenters. The Morgan fingerprint density at radius 1 is 1.03 bits per heavy atom. The molecule has 4 rings (SSSR count). The van der Waals surface area contributed by atoms with Crippen LogP contribution in [0.15, 0.2) is 77.8 Å². The predicted molar refractivity (Wildman–Crippen MR) is 119 cm³/mol. The van der Waals surface area contributed by atoms with Gasteiger partial charge in [0.15, 0.2) is 5.69 Å². The summed E-state index contributed by atoms with van der Waals surface area (Å²) in [7, 11) is 0. The van der Waals surface area contributed by atoms with Crippen LogP contribution in [0, 0.1) is 0 Å². The maximum absolute atomic E-state index is 13.4. The Bertz CT molecular complexity index is 1100. The summed E-state index contributed by atoms with van der Waals surface area (Å²) in [6.07, 6.45) is 3.36. The van der Waals surface area contributed by atoms with Gasteiger partial charge < -0.3 is 10.2 Å². The van der Waals surface area contributed by atoms with Crippen LogP contribution < -0.4 is 5.32 Å². The third kappa shape index (κ3) is 5.19. The number of nitrogens with one attached hydrogen (secondary N) is 1. The van der Waals surface area contributed by atoms with Crippen molar-refractivity contribution in [2.24, 2.45) is 0 Å². The number of thiophene rings is 1. The number of carbonyl (C=O) groups is 2. The van der Waals surface area contributed by atoms with Crippen molar-refractivity contribution in [1.29, 1.82) is 0 Å². The second-order valence-corrected chi connectivity index (χ2v) is 8.29. The number of amides is 2. The van der Waals surface area contributed by atoms with Gasteiger partial charge in [-0.3, -0.25) is 14.6 Å². The van der Waals surface area contributed by atoms with Crippen LogP contribution in [0.3, 0.4) is 0 Å². The van der Waals surface area contributed by atoms with Gasteiger partial charge in [0.05, 0.1) is 0 Å². The highest BCUT2D eigenvalue weighted by atomic mass is 32.1. The van der Waals surface area contributed by atoms with Gasteiger partial charge in [-0.2, -0.15) is 0 Å². The minimum Gasteiger partial charge on any atom is -0.350 e. The van der Waals surface area contributed by atoms with E-state index in [1.165, 1.54) is 16.2 Å². The summed E-state index contributed by atoms with van der Waals surface area (Å²) in [5.41, 5.74) is 2.01. The summed E-state index contributed by atoms with van der Waals surface area (Å²) < 4.78 is 3.81. The quantitative estimate of drug-likeness (QED) is 0.443. The third-order valence-electron chi connectivity index (χ3n) is 4.60. The molecule has 0 bridgehead atoms. The Balaban J connectivity index is 1.66. The van der Waals surface area contributed by atoms with E-state index in [-0.39, 0.29) is 24.1 Å². The monoisotopic (exact) mass is 449 g/mol. The van der Waals surface area contributed by atoms with Crippen molar-refractivity contribution >= 4 is 34.7 Å². The molecule has 0 fully saturated rings. The van der Waals surface area contributed by atoms with Crippen LogP contribution in [0.1, 0.15) is 32.5 Å². The standard InChI is InChI=1S/C22H19N5O2S2/c28-21(24-13-16-6-2-1-3-7-16)20(19-9-5-11-30-19)27(14-17-8-4-10-23-12-17)22(29)18-15-31-26-25-18/h1-12,15,20H,13-14H2,(H,24,28)/t20-/m0/s1. The van der Waals surface area contributed by atoms with Gasteiger partial charge in [-0.15, -0.1) is 16.4 Å². The van der Waals surface area contributed by atoms with Gasteiger partial charge in [0.2, 0.25) is 5.91 Å². The van der Waals surface area contributed by atoms with Crippen LogP contribution >= 0.6 is 22.9 Å². The molecule has 31 heavy (non-hydrogen) atoms. The zero-order chi connectivity index (χ0) is 21.5. The third-order valence-corrected chi connectivity index (χ3v) is 6.03. The number of benzene rings is 1. The second kappa shape index (κ2) is 10.1. The van der Waals surface area contributed by atoms with E-state index in [0.29, 0.717) is 6.54 Å². The molecule has 0 radical (unpaired) electrons. The maximum Gasteiger partial charge on any atom is 0.276 e. The van der Waals surface area contributed by atoms with Gasteiger partial charge in [-0.1, -0.05) is 47.0 Å². The van der Waals surface area contributed by atoms with Gasteiger partial charge in [0.1, 0.15) is 6.04 Å². The average molecular weight is 450 g/mol. The zero-order valence-corrected chi connectivity index (χ0v) is 18.1. The van der Waals surface area contributed by atoms with Gasteiger partial charge >= 0.3 is 0 Å². The fourth-order valence-corrected chi connectivity index (χ4v) is 4.39. The molecule has 3 aromatic heterocycles. The highest BCUT2D eigenvalue weighted by Crippen LogP contribution is 2.29. The Morgan fingerprint density at radius 2 is 1.87 bits per heavy atom. The summed E-state index contributed by atoms with van der Waals surface area (Å²) in [5.74, 6) is -0.613. The normalized spacial score (nSPS) is 11.6. The predicted octanol–water partition coefficient (Wildman–Crippen LogP) is 3.69. The largest absolute Gasteiger partial charge is 0.350 e. The van der Waals surface area contributed by atoms with E-state index in [1.54, 1.807) is 23.8 Å². The first-order valence-corrected chi connectivity index (χ1v) is 11.3. The van der Waals surface area contributed by atoms with E-state index in [2.05, 4.69) is 19.9 Å². The highest BCUT2D eigenvalue weighted by Gasteiger charge is 2.33. The van der Waals surface area contributed by atoms with Crippen LogP contribution in [0.25, 0.3) is 0 Å². The summed E-state index contributed by atoms with van der Waals surface area (Å²) >= 11 is 2.53. The van der Waals surface area contributed by atoms with Crippen LogP contribution in [-0.4, -0.2) is 31.3 Å².